The van der Waals surface area contributed by atoms with Gasteiger partial charge >= 0.3 is 0 Å². The zero-order valence-electron chi connectivity index (χ0n) is 12.5. The van der Waals surface area contributed by atoms with Gasteiger partial charge in [0.1, 0.15) is 5.75 Å². The summed E-state index contributed by atoms with van der Waals surface area (Å²) in [6, 6.07) is 11.9. The second-order valence-corrected chi connectivity index (χ2v) is 5.02. The van der Waals surface area contributed by atoms with Gasteiger partial charge in [-0.15, -0.1) is 0 Å². The van der Waals surface area contributed by atoms with E-state index in [0.717, 1.165) is 11.1 Å². The summed E-state index contributed by atoms with van der Waals surface area (Å²) in [7, 11) is 1.59. The molecule has 0 aliphatic rings. The quantitative estimate of drug-likeness (QED) is 0.810. The molecule has 0 aliphatic carbocycles. The van der Waals surface area contributed by atoms with Crippen molar-refractivity contribution in [3.8, 4) is 5.75 Å². The van der Waals surface area contributed by atoms with Crippen molar-refractivity contribution in [1.82, 2.24) is 5.32 Å². The Bertz CT molecular complexity index is 694. The van der Waals surface area contributed by atoms with E-state index in [-0.39, 0.29) is 23.1 Å². The first-order valence-electron chi connectivity index (χ1n) is 6.90. The van der Waals surface area contributed by atoms with Gasteiger partial charge in [0.25, 0.3) is 5.91 Å². The molecular formula is C17H18N2O3. The lowest BCUT2D eigenvalue weighted by Crippen LogP contribution is -2.19. The highest BCUT2D eigenvalue weighted by Crippen LogP contribution is 2.20. The molecule has 0 unspecified atom stereocenters. The molecule has 3 N–H and O–H groups in total. The van der Waals surface area contributed by atoms with Crippen molar-refractivity contribution in [1.29, 1.82) is 0 Å². The molecule has 0 atom stereocenters. The lowest BCUT2D eigenvalue weighted by atomic mass is 10.1. The number of phenols is 1. The number of aryl methyl sites for hydroxylation is 1. The van der Waals surface area contributed by atoms with Crippen LogP contribution in [0.5, 0.6) is 5.75 Å². The van der Waals surface area contributed by atoms with Crippen LogP contribution in [-0.2, 0) is 11.2 Å². The van der Waals surface area contributed by atoms with Crippen molar-refractivity contribution < 1.29 is 14.7 Å². The highest BCUT2D eigenvalue weighted by Gasteiger charge is 2.11. The highest BCUT2D eigenvalue weighted by atomic mass is 16.3. The first kappa shape index (κ1) is 15.6. The third kappa shape index (κ3) is 3.85. The molecule has 0 fully saturated rings. The molecule has 2 aromatic rings. The van der Waals surface area contributed by atoms with Gasteiger partial charge in [-0.1, -0.05) is 23.8 Å². The molecule has 0 saturated carbocycles. The SMILES string of the molecule is CNC(=O)Cc1ccc(NC(=O)c2cc(C)ccc2O)cc1. The second kappa shape index (κ2) is 6.76. The Hall–Kier alpha value is -2.82. The van der Waals surface area contributed by atoms with E-state index in [1.54, 1.807) is 43.4 Å². The van der Waals surface area contributed by atoms with Gasteiger partial charge in [-0.3, -0.25) is 9.59 Å². The van der Waals surface area contributed by atoms with Gasteiger partial charge in [0.05, 0.1) is 12.0 Å². The molecule has 0 heterocycles. The van der Waals surface area contributed by atoms with Gasteiger partial charge in [-0.2, -0.15) is 0 Å². The number of carbonyl (C=O) groups is 2. The minimum atomic E-state index is -0.375. The van der Waals surface area contributed by atoms with E-state index in [4.69, 9.17) is 0 Å². The van der Waals surface area contributed by atoms with Crippen LogP contribution in [0.4, 0.5) is 5.69 Å². The third-order valence-corrected chi connectivity index (χ3v) is 3.25. The van der Waals surface area contributed by atoms with Crippen molar-refractivity contribution in [3.05, 3.63) is 59.2 Å². The first-order valence-corrected chi connectivity index (χ1v) is 6.90. The first-order chi connectivity index (χ1) is 10.5. The number of hydrogen-bond donors (Lipinski definition) is 3. The molecule has 0 saturated heterocycles. The van der Waals surface area contributed by atoms with Gasteiger partial charge in [0.15, 0.2) is 0 Å². The maximum absolute atomic E-state index is 12.2. The molecule has 0 aliphatic heterocycles. The van der Waals surface area contributed by atoms with E-state index in [1.165, 1.54) is 6.07 Å². The molecule has 0 radical (unpaired) electrons. The van der Waals surface area contributed by atoms with E-state index in [9.17, 15) is 14.7 Å². The minimum absolute atomic E-state index is 0.0562. The highest BCUT2D eigenvalue weighted by molar-refractivity contribution is 6.06. The number of likely N-dealkylation sites (N-methyl/N-ethyl adjacent to an activating group) is 1. The minimum Gasteiger partial charge on any atom is -0.507 e. The van der Waals surface area contributed by atoms with E-state index in [0.29, 0.717) is 12.1 Å². The number of anilines is 1. The summed E-state index contributed by atoms with van der Waals surface area (Å²) in [6.07, 6.45) is 0.295. The van der Waals surface area contributed by atoms with Gasteiger partial charge in [0.2, 0.25) is 5.91 Å². The second-order valence-electron chi connectivity index (χ2n) is 5.02. The van der Waals surface area contributed by atoms with Crippen molar-refractivity contribution in [2.75, 3.05) is 12.4 Å². The van der Waals surface area contributed by atoms with Crippen molar-refractivity contribution in [3.63, 3.8) is 0 Å². The molecule has 0 bridgehead atoms. The van der Waals surface area contributed by atoms with Crippen LogP contribution in [0.25, 0.3) is 0 Å². The summed E-state index contributed by atoms with van der Waals surface area (Å²) in [5, 5.41) is 15.0. The van der Waals surface area contributed by atoms with Gasteiger partial charge in [-0.05, 0) is 36.8 Å². The average molecular weight is 298 g/mol. The normalized spacial score (nSPS) is 10.1. The summed E-state index contributed by atoms with van der Waals surface area (Å²) in [5.74, 6) is -0.499. The third-order valence-electron chi connectivity index (χ3n) is 3.25. The Kier molecular flexibility index (Phi) is 4.78. The topological polar surface area (TPSA) is 78.4 Å². The lowest BCUT2D eigenvalue weighted by Gasteiger charge is -2.08. The number of hydrogen-bond acceptors (Lipinski definition) is 3. The number of nitrogens with one attached hydrogen (secondary N) is 2. The number of aromatic hydroxyl groups is 1. The fourth-order valence-corrected chi connectivity index (χ4v) is 2.01. The number of phenolic OH excluding ortho intramolecular Hbond substituents is 1. The standard InChI is InChI=1S/C17H18N2O3/c1-11-3-8-15(20)14(9-11)17(22)19-13-6-4-12(5-7-13)10-16(21)18-2/h3-9,20H,10H2,1-2H3,(H,18,21)(H,19,22). The summed E-state index contributed by atoms with van der Waals surface area (Å²) < 4.78 is 0. The maximum Gasteiger partial charge on any atom is 0.259 e. The van der Waals surface area contributed by atoms with Crippen LogP contribution >= 0.6 is 0 Å². The number of rotatable bonds is 4. The molecule has 2 amide bonds. The summed E-state index contributed by atoms with van der Waals surface area (Å²) >= 11 is 0. The molecule has 0 aromatic heterocycles. The average Bonchev–Trinajstić information content (AvgIpc) is 2.51. The van der Waals surface area contributed by atoms with Crippen molar-refractivity contribution in [2.45, 2.75) is 13.3 Å². The molecule has 0 spiro atoms. The zero-order valence-corrected chi connectivity index (χ0v) is 12.5. The molecule has 22 heavy (non-hydrogen) atoms. The van der Waals surface area contributed by atoms with Crippen LogP contribution in [0.3, 0.4) is 0 Å². The summed E-state index contributed by atoms with van der Waals surface area (Å²) in [4.78, 5) is 23.5. The van der Waals surface area contributed by atoms with Crippen LogP contribution in [-0.4, -0.2) is 24.0 Å². The molecule has 5 nitrogen and oxygen atoms in total. The van der Waals surface area contributed by atoms with Crippen LogP contribution < -0.4 is 10.6 Å². The van der Waals surface area contributed by atoms with Gasteiger partial charge < -0.3 is 15.7 Å². The van der Waals surface area contributed by atoms with E-state index in [2.05, 4.69) is 10.6 Å². The smallest absolute Gasteiger partial charge is 0.259 e. The summed E-state index contributed by atoms with van der Waals surface area (Å²) in [5.41, 5.74) is 2.58. The number of amides is 2. The molecule has 2 aromatic carbocycles. The zero-order chi connectivity index (χ0) is 16.1. The molecule has 5 heteroatoms. The predicted molar refractivity (Wildman–Crippen MR) is 85.0 cm³/mol. The molecular weight excluding hydrogens is 280 g/mol. The van der Waals surface area contributed by atoms with Crippen LogP contribution in [0.1, 0.15) is 21.5 Å². The van der Waals surface area contributed by atoms with E-state index in [1.807, 2.05) is 6.92 Å². The van der Waals surface area contributed by atoms with Crippen molar-refractivity contribution in [2.24, 2.45) is 0 Å². The largest absolute Gasteiger partial charge is 0.507 e. The Morgan fingerprint density at radius 1 is 1.09 bits per heavy atom. The fourth-order valence-electron chi connectivity index (χ4n) is 2.01. The van der Waals surface area contributed by atoms with Crippen molar-refractivity contribution >= 4 is 17.5 Å². The van der Waals surface area contributed by atoms with Crippen LogP contribution in [0.2, 0.25) is 0 Å². The van der Waals surface area contributed by atoms with E-state index < -0.39 is 0 Å². The van der Waals surface area contributed by atoms with Gasteiger partial charge in [-0.25, -0.2) is 0 Å². The predicted octanol–water partition coefficient (Wildman–Crippen LogP) is 2.24. The van der Waals surface area contributed by atoms with Crippen LogP contribution in [0, 0.1) is 6.92 Å². The maximum atomic E-state index is 12.2. The lowest BCUT2D eigenvalue weighted by molar-refractivity contribution is -0.119. The Balaban J connectivity index is 2.08. The Morgan fingerprint density at radius 3 is 2.41 bits per heavy atom. The Morgan fingerprint density at radius 2 is 1.77 bits per heavy atom. The van der Waals surface area contributed by atoms with E-state index >= 15 is 0 Å². The number of carbonyl (C=O) groups excluding carboxylic acids is 2. The van der Waals surface area contributed by atoms with Crippen LogP contribution in [0.15, 0.2) is 42.5 Å². The molecule has 114 valence electrons. The monoisotopic (exact) mass is 298 g/mol. The van der Waals surface area contributed by atoms with Gasteiger partial charge in [0, 0.05) is 12.7 Å². The Labute approximate surface area is 129 Å². The summed E-state index contributed by atoms with van der Waals surface area (Å²) in [6.45, 7) is 1.85. The molecule has 2 rings (SSSR count). The fraction of sp³-hybridized carbons (Fsp3) is 0.176. The number of benzene rings is 2.